The van der Waals surface area contributed by atoms with Gasteiger partial charge in [0.25, 0.3) is 5.69 Å². The van der Waals surface area contributed by atoms with Gasteiger partial charge < -0.3 is 0 Å². The molecule has 0 aliphatic carbocycles. The van der Waals surface area contributed by atoms with Gasteiger partial charge in [-0.3, -0.25) is 15.5 Å². The molecule has 1 N–H and O–H groups in total. The third kappa shape index (κ3) is 3.74. The highest BCUT2D eigenvalue weighted by atomic mass is 16.6. The number of hydrogen-bond acceptors (Lipinski definition) is 5. The number of nitrogens with one attached hydrogen (secondary N) is 1. The van der Waals surface area contributed by atoms with Crippen LogP contribution < -0.4 is 5.43 Å². The zero-order valence-electron chi connectivity index (χ0n) is 10.5. The van der Waals surface area contributed by atoms with E-state index in [1.165, 1.54) is 12.3 Å². The molecule has 2 rings (SSSR count). The van der Waals surface area contributed by atoms with E-state index in [0.717, 1.165) is 0 Å². The minimum atomic E-state index is -0.414. The van der Waals surface area contributed by atoms with Crippen LogP contribution in [0.25, 0.3) is 6.08 Å². The Hall–Kier alpha value is -3.02. The predicted molar refractivity (Wildman–Crippen MR) is 78.5 cm³/mol. The molecule has 0 unspecified atom stereocenters. The zero-order valence-corrected chi connectivity index (χ0v) is 10.5. The fraction of sp³-hybridized carbons (Fsp3) is 0. The molecule has 0 spiro atoms. The number of allylic oxidation sites excluding steroid dienone is 1. The first-order chi connectivity index (χ1) is 9.77. The molecule has 0 atom stereocenters. The smallest absolute Gasteiger partial charge is 0.261 e. The van der Waals surface area contributed by atoms with Crippen LogP contribution >= 0.6 is 0 Å². The third-order valence-corrected chi connectivity index (χ3v) is 2.41. The molecule has 1 heterocycles. The number of nitrogens with zero attached hydrogens (tertiary/aromatic N) is 3. The summed E-state index contributed by atoms with van der Waals surface area (Å²) in [5.41, 5.74) is 3.34. The second kappa shape index (κ2) is 6.79. The van der Waals surface area contributed by atoms with E-state index in [9.17, 15) is 10.1 Å². The molecule has 6 nitrogen and oxygen atoms in total. The molecular weight excluding hydrogens is 256 g/mol. The van der Waals surface area contributed by atoms with Gasteiger partial charge in [0.15, 0.2) is 0 Å². The van der Waals surface area contributed by atoms with Gasteiger partial charge in [-0.15, -0.1) is 0 Å². The Bertz CT molecular complexity index is 639. The average molecular weight is 268 g/mol. The summed E-state index contributed by atoms with van der Waals surface area (Å²) in [7, 11) is 0. The Morgan fingerprint density at radius 1 is 1.20 bits per heavy atom. The molecule has 20 heavy (non-hydrogen) atoms. The van der Waals surface area contributed by atoms with Gasteiger partial charge in [0, 0.05) is 18.5 Å². The summed E-state index contributed by atoms with van der Waals surface area (Å²) in [4.78, 5) is 14.4. The predicted octanol–water partition coefficient (Wildman–Crippen LogP) is 3.10. The average Bonchev–Trinajstić information content (AvgIpc) is 2.48. The molecule has 2 aromatic rings. The Morgan fingerprint density at radius 2 is 2.00 bits per heavy atom. The SMILES string of the molecule is O=[N+]([O-])c1ccccc1/C=C/C=N/Nc1ccccn1. The van der Waals surface area contributed by atoms with Crippen LogP contribution in [-0.4, -0.2) is 16.1 Å². The maximum absolute atomic E-state index is 10.8. The highest BCUT2D eigenvalue weighted by Gasteiger charge is 2.08. The van der Waals surface area contributed by atoms with E-state index in [4.69, 9.17) is 0 Å². The summed E-state index contributed by atoms with van der Waals surface area (Å²) in [5.74, 6) is 0.628. The van der Waals surface area contributed by atoms with Crippen molar-refractivity contribution in [3.8, 4) is 0 Å². The summed E-state index contributed by atoms with van der Waals surface area (Å²) in [6, 6.07) is 11.9. The lowest BCUT2D eigenvalue weighted by Crippen LogP contribution is -1.91. The lowest BCUT2D eigenvalue weighted by atomic mass is 10.2. The Kier molecular flexibility index (Phi) is 4.55. The van der Waals surface area contributed by atoms with Crippen molar-refractivity contribution in [2.24, 2.45) is 5.10 Å². The van der Waals surface area contributed by atoms with Crippen molar-refractivity contribution in [3.05, 3.63) is 70.4 Å². The molecule has 0 aliphatic heterocycles. The number of anilines is 1. The van der Waals surface area contributed by atoms with Gasteiger partial charge in [0.1, 0.15) is 5.82 Å². The molecule has 100 valence electrons. The minimum Gasteiger partial charge on any atom is -0.261 e. The Balaban J connectivity index is 1.99. The molecule has 0 aliphatic rings. The number of nitro benzene ring substituents is 1. The third-order valence-electron chi connectivity index (χ3n) is 2.41. The van der Waals surface area contributed by atoms with Gasteiger partial charge in [0.05, 0.1) is 10.5 Å². The maximum Gasteiger partial charge on any atom is 0.276 e. The maximum atomic E-state index is 10.8. The fourth-order valence-corrected chi connectivity index (χ4v) is 1.52. The quantitative estimate of drug-likeness (QED) is 0.513. The summed E-state index contributed by atoms with van der Waals surface area (Å²) < 4.78 is 0. The lowest BCUT2D eigenvalue weighted by molar-refractivity contribution is -0.385. The van der Waals surface area contributed by atoms with E-state index in [2.05, 4.69) is 15.5 Å². The first kappa shape index (κ1) is 13.4. The lowest BCUT2D eigenvalue weighted by Gasteiger charge is -1.96. The monoisotopic (exact) mass is 268 g/mol. The van der Waals surface area contributed by atoms with Crippen LogP contribution in [0.2, 0.25) is 0 Å². The first-order valence-corrected chi connectivity index (χ1v) is 5.87. The number of aromatic nitrogens is 1. The van der Waals surface area contributed by atoms with Gasteiger partial charge in [-0.25, -0.2) is 4.98 Å². The second-order valence-corrected chi connectivity index (χ2v) is 3.78. The van der Waals surface area contributed by atoms with Crippen LogP contribution in [0.15, 0.2) is 59.8 Å². The normalized spacial score (nSPS) is 11.0. The van der Waals surface area contributed by atoms with Crippen LogP contribution in [0.3, 0.4) is 0 Å². The molecule has 0 fully saturated rings. The van der Waals surface area contributed by atoms with E-state index >= 15 is 0 Å². The molecule has 0 amide bonds. The van der Waals surface area contributed by atoms with E-state index in [-0.39, 0.29) is 5.69 Å². The highest BCUT2D eigenvalue weighted by molar-refractivity contribution is 5.80. The second-order valence-electron chi connectivity index (χ2n) is 3.78. The Labute approximate surface area is 115 Å². The van der Waals surface area contributed by atoms with Crippen LogP contribution in [-0.2, 0) is 0 Å². The number of hydrogen-bond donors (Lipinski definition) is 1. The van der Waals surface area contributed by atoms with E-state index < -0.39 is 4.92 Å². The zero-order chi connectivity index (χ0) is 14.2. The number of benzene rings is 1. The number of rotatable bonds is 5. The summed E-state index contributed by atoms with van der Waals surface area (Å²) in [6.07, 6.45) is 6.41. The fourth-order valence-electron chi connectivity index (χ4n) is 1.52. The Morgan fingerprint density at radius 3 is 2.75 bits per heavy atom. The molecule has 0 saturated carbocycles. The molecule has 1 aromatic carbocycles. The first-order valence-electron chi connectivity index (χ1n) is 5.87. The van der Waals surface area contributed by atoms with Gasteiger partial charge >= 0.3 is 0 Å². The van der Waals surface area contributed by atoms with Crippen molar-refractivity contribution in [3.63, 3.8) is 0 Å². The van der Waals surface area contributed by atoms with Gasteiger partial charge in [-0.2, -0.15) is 5.10 Å². The van der Waals surface area contributed by atoms with Gasteiger partial charge in [-0.1, -0.05) is 18.2 Å². The number of hydrazone groups is 1. The van der Waals surface area contributed by atoms with Crippen LogP contribution in [0.4, 0.5) is 11.5 Å². The summed E-state index contributed by atoms with van der Waals surface area (Å²) in [5, 5.41) is 14.8. The van der Waals surface area contributed by atoms with Crippen molar-refractivity contribution in [2.75, 3.05) is 5.43 Å². The molecule has 1 aromatic heterocycles. The van der Waals surface area contributed by atoms with Gasteiger partial charge in [0.2, 0.25) is 0 Å². The van der Waals surface area contributed by atoms with Crippen LogP contribution in [0.1, 0.15) is 5.56 Å². The summed E-state index contributed by atoms with van der Waals surface area (Å²) in [6.45, 7) is 0. The van der Waals surface area contributed by atoms with Crippen molar-refractivity contribution in [2.45, 2.75) is 0 Å². The van der Waals surface area contributed by atoms with Crippen LogP contribution in [0.5, 0.6) is 0 Å². The molecule has 6 heteroatoms. The van der Waals surface area contributed by atoms with Crippen molar-refractivity contribution in [1.82, 2.24) is 4.98 Å². The number of para-hydroxylation sites is 1. The van der Waals surface area contributed by atoms with Gasteiger partial charge in [-0.05, 0) is 30.4 Å². The molecule has 0 bridgehead atoms. The van der Waals surface area contributed by atoms with E-state index in [1.807, 2.05) is 12.1 Å². The van der Waals surface area contributed by atoms with Crippen LogP contribution in [0, 0.1) is 10.1 Å². The molecular formula is C14H12N4O2. The number of nitro groups is 1. The topological polar surface area (TPSA) is 80.4 Å². The number of pyridine rings is 1. The highest BCUT2D eigenvalue weighted by Crippen LogP contribution is 2.18. The standard InChI is InChI=1S/C14H12N4O2/c19-18(20)13-8-2-1-6-12(13)7-5-11-16-17-14-9-3-4-10-15-14/h1-11H,(H,15,17)/b7-5+,16-11+. The molecule has 0 radical (unpaired) electrons. The minimum absolute atomic E-state index is 0.0647. The van der Waals surface area contributed by atoms with Crippen molar-refractivity contribution >= 4 is 23.8 Å². The van der Waals surface area contributed by atoms with Crippen molar-refractivity contribution < 1.29 is 4.92 Å². The largest absolute Gasteiger partial charge is 0.276 e. The van der Waals surface area contributed by atoms with E-state index in [1.54, 1.807) is 42.6 Å². The molecule has 0 saturated heterocycles. The summed E-state index contributed by atoms with van der Waals surface area (Å²) >= 11 is 0. The van der Waals surface area contributed by atoms with E-state index in [0.29, 0.717) is 11.4 Å². The van der Waals surface area contributed by atoms with Crippen molar-refractivity contribution in [1.29, 1.82) is 0 Å².